The highest BCUT2D eigenvalue weighted by molar-refractivity contribution is 7.47. The minimum Gasteiger partial charge on any atom is -0.508 e. The number of phenols is 1. The van der Waals surface area contributed by atoms with Crippen LogP contribution < -0.4 is 4.52 Å². The molecule has 162 valence electrons. The normalized spacial score (nSPS) is 17.8. The zero-order chi connectivity index (χ0) is 21.6. The predicted molar refractivity (Wildman–Crippen MR) is 120 cm³/mol. The van der Waals surface area contributed by atoms with E-state index >= 15 is 0 Å². The van der Waals surface area contributed by atoms with Crippen molar-refractivity contribution in [3.05, 3.63) is 59.7 Å². The van der Waals surface area contributed by atoms with Gasteiger partial charge >= 0.3 is 7.82 Å². The lowest BCUT2D eigenvalue weighted by Gasteiger charge is -2.24. The molecule has 0 heterocycles. The van der Waals surface area contributed by atoms with Crippen LogP contribution in [0.3, 0.4) is 0 Å². The van der Waals surface area contributed by atoms with E-state index in [-0.39, 0.29) is 11.9 Å². The largest absolute Gasteiger partial charge is 0.527 e. The Kier molecular flexibility index (Phi) is 7.76. The van der Waals surface area contributed by atoms with Crippen LogP contribution in [0.25, 0.3) is 11.1 Å². The summed E-state index contributed by atoms with van der Waals surface area (Å²) in [7, 11) is -4.14. The number of phosphoric acid groups is 1. The van der Waals surface area contributed by atoms with Crippen molar-refractivity contribution in [2.45, 2.75) is 64.9 Å². The van der Waals surface area contributed by atoms with Gasteiger partial charge in [-0.05, 0) is 72.2 Å². The van der Waals surface area contributed by atoms with Gasteiger partial charge in [-0.25, -0.2) is 4.57 Å². The van der Waals surface area contributed by atoms with Crippen LogP contribution in [0.15, 0.2) is 48.5 Å². The summed E-state index contributed by atoms with van der Waals surface area (Å²) in [4.78, 5) is 10.1. The Labute approximate surface area is 179 Å². The molecule has 6 heteroatoms. The van der Waals surface area contributed by atoms with Gasteiger partial charge in [0.25, 0.3) is 0 Å². The van der Waals surface area contributed by atoms with Crippen molar-refractivity contribution in [2.24, 2.45) is 0 Å². The molecule has 5 nitrogen and oxygen atoms in total. The fraction of sp³-hybridized carbons (Fsp3) is 0.417. The highest BCUT2D eigenvalue weighted by atomic mass is 31.2. The summed E-state index contributed by atoms with van der Waals surface area (Å²) in [5.41, 5.74) is 4.52. The van der Waals surface area contributed by atoms with Crippen LogP contribution in [0, 0.1) is 0 Å². The average molecular weight is 430 g/mol. The first-order valence-electron chi connectivity index (χ1n) is 10.7. The molecule has 1 aliphatic carbocycles. The zero-order valence-corrected chi connectivity index (χ0v) is 18.6. The fourth-order valence-electron chi connectivity index (χ4n) is 4.08. The summed E-state index contributed by atoms with van der Waals surface area (Å²) in [6.07, 6.45) is 6.28. The van der Waals surface area contributed by atoms with E-state index in [9.17, 15) is 14.6 Å². The average Bonchev–Trinajstić information content (AvgIpc) is 2.74. The summed E-state index contributed by atoms with van der Waals surface area (Å²) in [5.74, 6) is 0.566. The van der Waals surface area contributed by atoms with Crippen LogP contribution >= 0.6 is 7.82 Å². The SMILES string of the molecule is CC/C(=C(/CC)c1ccc(OP(=O)(O)OC2CCCCC2)cc1)c1ccc(O)cc1. The number of hydrogen-bond acceptors (Lipinski definition) is 4. The third-order valence-corrected chi connectivity index (χ3v) is 6.55. The molecule has 0 bridgehead atoms. The van der Waals surface area contributed by atoms with Crippen LogP contribution in [-0.2, 0) is 9.09 Å². The number of phenolic OH excluding ortho intramolecular Hbond substituents is 1. The van der Waals surface area contributed by atoms with Gasteiger partial charge in [-0.1, -0.05) is 57.4 Å². The van der Waals surface area contributed by atoms with Crippen molar-refractivity contribution in [1.29, 1.82) is 0 Å². The highest BCUT2D eigenvalue weighted by Crippen LogP contribution is 2.47. The fourth-order valence-corrected chi connectivity index (χ4v) is 5.10. The van der Waals surface area contributed by atoms with Gasteiger partial charge in [0.05, 0.1) is 6.10 Å². The summed E-state index contributed by atoms with van der Waals surface area (Å²) < 4.78 is 23.0. The maximum Gasteiger partial charge on any atom is 0.527 e. The van der Waals surface area contributed by atoms with E-state index in [1.54, 1.807) is 24.3 Å². The Bertz CT molecular complexity index is 896. The molecule has 30 heavy (non-hydrogen) atoms. The van der Waals surface area contributed by atoms with Gasteiger partial charge in [0, 0.05) is 0 Å². The second kappa shape index (κ2) is 10.3. The monoisotopic (exact) mass is 430 g/mol. The lowest BCUT2D eigenvalue weighted by atomic mass is 9.91. The smallest absolute Gasteiger partial charge is 0.508 e. The maximum atomic E-state index is 12.4. The molecule has 1 aliphatic rings. The van der Waals surface area contributed by atoms with Gasteiger partial charge in [0.15, 0.2) is 0 Å². The van der Waals surface area contributed by atoms with Crippen LogP contribution in [0.1, 0.15) is 69.9 Å². The molecule has 1 unspecified atom stereocenters. The van der Waals surface area contributed by atoms with E-state index in [0.717, 1.165) is 56.1 Å². The predicted octanol–water partition coefficient (Wildman–Crippen LogP) is 6.95. The number of aromatic hydroxyl groups is 1. The first kappa shape index (κ1) is 22.6. The van der Waals surface area contributed by atoms with Gasteiger partial charge in [-0.2, -0.15) is 0 Å². The van der Waals surface area contributed by atoms with Crippen LogP contribution in [-0.4, -0.2) is 16.1 Å². The van der Waals surface area contributed by atoms with Crippen molar-refractivity contribution in [2.75, 3.05) is 0 Å². The molecule has 0 amide bonds. The van der Waals surface area contributed by atoms with Gasteiger partial charge in [0.2, 0.25) is 0 Å². The molecule has 0 saturated heterocycles. The minimum absolute atomic E-state index is 0.207. The molecule has 2 N–H and O–H groups in total. The van der Waals surface area contributed by atoms with Gasteiger partial charge < -0.3 is 9.63 Å². The third kappa shape index (κ3) is 5.98. The van der Waals surface area contributed by atoms with Gasteiger partial charge in [-0.3, -0.25) is 9.42 Å². The molecule has 0 spiro atoms. The lowest BCUT2D eigenvalue weighted by Crippen LogP contribution is -2.16. The molecule has 1 fully saturated rings. The maximum absolute atomic E-state index is 12.4. The highest BCUT2D eigenvalue weighted by Gasteiger charge is 2.29. The number of hydrogen-bond donors (Lipinski definition) is 2. The summed E-state index contributed by atoms with van der Waals surface area (Å²) in [6, 6.07) is 14.5. The van der Waals surface area contributed by atoms with Crippen LogP contribution in [0.4, 0.5) is 0 Å². The second-order valence-electron chi connectivity index (χ2n) is 7.66. The van der Waals surface area contributed by atoms with Crippen molar-refractivity contribution in [3.8, 4) is 11.5 Å². The van der Waals surface area contributed by atoms with Gasteiger partial charge in [0.1, 0.15) is 11.5 Å². The number of allylic oxidation sites excluding steroid dienone is 2. The molecule has 0 radical (unpaired) electrons. The molecular formula is C24H31O5P. The lowest BCUT2D eigenvalue weighted by molar-refractivity contribution is 0.108. The summed E-state index contributed by atoms with van der Waals surface area (Å²) >= 11 is 0. The van der Waals surface area contributed by atoms with E-state index in [4.69, 9.17) is 9.05 Å². The molecule has 0 aliphatic heterocycles. The van der Waals surface area contributed by atoms with E-state index in [1.807, 2.05) is 24.3 Å². The van der Waals surface area contributed by atoms with Gasteiger partial charge in [-0.15, -0.1) is 0 Å². The second-order valence-corrected chi connectivity index (χ2v) is 8.99. The Morgan fingerprint density at radius 2 is 1.40 bits per heavy atom. The Balaban J connectivity index is 1.77. The first-order chi connectivity index (χ1) is 14.4. The Hall–Kier alpha value is -2.07. The zero-order valence-electron chi connectivity index (χ0n) is 17.7. The van der Waals surface area contributed by atoms with E-state index in [1.165, 1.54) is 11.1 Å². The van der Waals surface area contributed by atoms with E-state index in [0.29, 0.717) is 5.75 Å². The topological polar surface area (TPSA) is 76.0 Å². The van der Waals surface area contributed by atoms with E-state index < -0.39 is 7.82 Å². The molecular weight excluding hydrogens is 399 g/mol. The van der Waals surface area contributed by atoms with Crippen LogP contribution in [0.5, 0.6) is 11.5 Å². The van der Waals surface area contributed by atoms with Crippen molar-refractivity contribution in [3.63, 3.8) is 0 Å². The summed E-state index contributed by atoms with van der Waals surface area (Å²) in [5, 5.41) is 9.57. The minimum atomic E-state index is -4.14. The molecule has 0 aromatic heterocycles. The number of phosphoric ester groups is 1. The Morgan fingerprint density at radius 3 is 1.90 bits per heavy atom. The van der Waals surface area contributed by atoms with Crippen molar-refractivity contribution in [1.82, 2.24) is 0 Å². The number of rotatable bonds is 8. The third-order valence-electron chi connectivity index (χ3n) is 5.55. The summed E-state index contributed by atoms with van der Waals surface area (Å²) in [6.45, 7) is 4.22. The van der Waals surface area contributed by atoms with Crippen molar-refractivity contribution >= 4 is 19.0 Å². The number of benzene rings is 2. The molecule has 2 aromatic rings. The van der Waals surface area contributed by atoms with Crippen LogP contribution in [0.2, 0.25) is 0 Å². The quantitative estimate of drug-likeness (QED) is 0.350. The molecule has 2 aromatic carbocycles. The Morgan fingerprint density at radius 1 is 0.900 bits per heavy atom. The molecule has 1 saturated carbocycles. The molecule has 1 atom stereocenters. The van der Waals surface area contributed by atoms with Crippen molar-refractivity contribution < 1.29 is 23.6 Å². The van der Waals surface area contributed by atoms with E-state index in [2.05, 4.69) is 13.8 Å². The first-order valence-corrected chi connectivity index (χ1v) is 12.2. The molecule has 3 rings (SSSR count). The standard InChI is InChI=1S/C24H31O5P/c1-3-23(18-10-14-20(25)15-11-18)24(4-2)19-12-16-22(17-13-19)29-30(26,27)28-21-8-6-5-7-9-21/h10-17,21,25H,3-9H2,1-2H3,(H,26,27)/b24-23+.